The Labute approximate surface area is 209 Å². The second-order valence-electron chi connectivity index (χ2n) is 8.14. The minimum Gasteiger partial charge on any atom is -0.497 e. The lowest BCUT2D eigenvalue weighted by Gasteiger charge is -2.32. The third-order valence-corrected chi connectivity index (χ3v) is 6.24. The molecule has 1 aliphatic rings. The van der Waals surface area contributed by atoms with Crippen molar-refractivity contribution in [3.63, 3.8) is 0 Å². The molecule has 1 atom stereocenters. The molecule has 5 rings (SSSR count). The van der Waals surface area contributed by atoms with Crippen LogP contribution in [0.4, 0.5) is 5.95 Å². The van der Waals surface area contributed by atoms with Gasteiger partial charge in [0, 0.05) is 5.56 Å². The van der Waals surface area contributed by atoms with Gasteiger partial charge in [0.1, 0.15) is 11.8 Å². The van der Waals surface area contributed by atoms with Gasteiger partial charge in [-0.2, -0.15) is 0 Å². The number of nitrogens with zero attached hydrogens (tertiary/aromatic N) is 2. The van der Waals surface area contributed by atoms with Crippen molar-refractivity contribution in [3.05, 3.63) is 83.4 Å². The number of aromatic nitrogens is 2. The van der Waals surface area contributed by atoms with E-state index in [0.717, 1.165) is 22.2 Å². The van der Waals surface area contributed by atoms with Gasteiger partial charge in [-0.05, 0) is 55.0 Å². The molecule has 1 N–H and O–H groups in total. The van der Waals surface area contributed by atoms with Gasteiger partial charge in [-0.25, -0.2) is 9.78 Å². The summed E-state index contributed by atoms with van der Waals surface area (Å²) < 4.78 is 24.3. The zero-order valence-corrected chi connectivity index (χ0v) is 20.6. The van der Waals surface area contributed by atoms with E-state index in [4.69, 9.17) is 23.9 Å². The molecule has 0 aliphatic carbocycles. The lowest BCUT2D eigenvalue weighted by Crippen LogP contribution is -2.29. The van der Waals surface area contributed by atoms with E-state index in [2.05, 4.69) is 5.32 Å². The van der Waals surface area contributed by atoms with Crippen molar-refractivity contribution in [2.45, 2.75) is 13.0 Å². The Bertz CT molecular complexity index is 1460. The molecule has 0 saturated carbocycles. The number of methoxy groups -OCH3 is 3. The second kappa shape index (κ2) is 9.65. The molecule has 0 spiro atoms. The van der Waals surface area contributed by atoms with E-state index in [1.54, 1.807) is 28.3 Å². The topological polar surface area (TPSA) is 83.8 Å². The van der Waals surface area contributed by atoms with E-state index in [0.29, 0.717) is 34.5 Å². The first-order valence-electron chi connectivity index (χ1n) is 11.6. The molecule has 36 heavy (non-hydrogen) atoms. The predicted octanol–water partition coefficient (Wildman–Crippen LogP) is 5.05. The Morgan fingerprint density at radius 1 is 0.944 bits per heavy atom. The number of carbonyl (C=O) groups excluding carboxylic acids is 1. The average molecular weight is 486 g/mol. The van der Waals surface area contributed by atoms with E-state index >= 15 is 0 Å². The SMILES string of the molecule is CCOC(=O)C1=C(c2ccc(OC)cc2)Nc2nc3ccccc3n2C1c1cccc(OC)c1OC. The summed E-state index contributed by atoms with van der Waals surface area (Å²) in [7, 11) is 4.80. The van der Waals surface area contributed by atoms with Gasteiger partial charge in [-0.1, -0.05) is 24.3 Å². The molecule has 4 aromatic rings. The zero-order valence-electron chi connectivity index (χ0n) is 20.6. The maximum atomic E-state index is 13.7. The molecule has 0 saturated heterocycles. The first-order valence-corrected chi connectivity index (χ1v) is 11.6. The van der Waals surface area contributed by atoms with Gasteiger partial charge in [-0.3, -0.25) is 4.57 Å². The van der Waals surface area contributed by atoms with Crippen LogP contribution in [0.15, 0.2) is 72.3 Å². The predicted molar refractivity (Wildman–Crippen MR) is 138 cm³/mol. The Morgan fingerprint density at radius 2 is 1.72 bits per heavy atom. The maximum Gasteiger partial charge on any atom is 0.338 e. The van der Waals surface area contributed by atoms with Crippen LogP contribution in [0, 0.1) is 0 Å². The molecule has 0 fully saturated rings. The Hall–Kier alpha value is -4.46. The van der Waals surface area contributed by atoms with Crippen molar-refractivity contribution in [2.75, 3.05) is 33.3 Å². The summed E-state index contributed by atoms with van der Waals surface area (Å²) in [6.45, 7) is 2.03. The highest BCUT2D eigenvalue weighted by molar-refractivity contribution is 6.03. The molecule has 0 amide bonds. The standard InChI is InChI=1S/C28H27N3O5/c1-5-36-27(32)23-24(17-13-15-18(33-2)16-14-17)30-28-29-20-10-6-7-11-21(20)31(28)25(23)19-9-8-12-22(34-3)26(19)35-4/h6-16,25H,5H2,1-4H3,(H,29,30). The van der Waals surface area contributed by atoms with Gasteiger partial charge in [-0.15, -0.1) is 0 Å². The van der Waals surface area contributed by atoms with Crippen molar-refractivity contribution in [2.24, 2.45) is 0 Å². The fourth-order valence-electron chi connectivity index (χ4n) is 4.67. The van der Waals surface area contributed by atoms with Crippen LogP contribution in [0.5, 0.6) is 17.2 Å². The number of para-hydroxylation sites is 3. The van der Waals surface area contributed by atoms with Crippen LogP contribution >= 0.6 is 0 Å². The van der Waals surface area contributed by atoms with Gasteiger partial charge in [0.05, 0.1) is 50.2 Å². The number of carbonyl (C=O) groups is 1. The summed E-state index contributed by atoms with van der Waals surface area (Å²) in [6, 6.07) is 20.4. The summed E-state index contributed by atoms with van der Waals surface area (Å²) in [5.41, 5.74) is 4.25. The number of imidazole rings is 1. The van der Waals surface area contributed by atoms with Crippen LogP contribution in [0.3, 0.4) is 0 Å². The summed E-state index contributed by atoms with van der Waals surface area (Å²) in [6.07, 6.45) is 0. The Kier molecular flexibility index (Phi) is 6.25. The van der Waals surface area contributed by atoms with Gasteiger partial charge in [0.2, 0.25) is 5.95 Å². The number of rotatable bonds is 7. The van der Waals surface area contributed by atoms with Crippen LogP contribution in [-0.2, 0) is 9.53 Å². The van der Waals surface area contributed by atoms with Crippen LogP contribution in [0.25, 0.3) is 16.7 Å². The highest BCUT2D eigenvalue weighted by atomic mass is 16.5. The quantitative estimate of drug-likeness (QED) is 0.367. The van der Waals surface area contributed by atoms with Crippen LogP contribution in [0.1, 0.15) is 24.1 Å². The molecule has 0 radical (unpaired) electrons. The molecule has 2 heterocycles. The zero-order chi connectivity index (χ0) is 25.2. The number of hydrogen-bond donors (Lipinski definition) is 1. The Balaban J connectivity index is 1.85. The van der Waals surface area contributed by atoms with Gasteiger partial charge in [0.25, 0.3) is 0 Å². The number of anilines is 1. The minimum absolute atomic E-state index is 0.234. The number of benzene rings is 3. The molecule has 184 valence electrons. The maximum absolute atomic E-state index is 13.7. The van der Waals surface area contributed by atoms with Crippen molar-refractivity contribution in [1.29, 1.82) is 0 Å². The lowest BCUT2D eigenvalue weighted by molar-refractivity contribution is -0.138. The molecular weight excluding hydrogens is 458 g/mol. The number of ether oxygens (including phenoxy) is 4. The molecule has 3 aromatic carbocycles. The molecule has 8 heteroatoms. The summed E-state index contributed by atoms with van der Waals surface area (Å²) in [4.78, 5) is 18.5. The number of esters is 1. The third kappa shape index (κ3) is 3.80. The summed E-state index contributed by atoms with van der Waals surface area (Å²) >= 11 is 0. The second-order valence-corrected chi connectivity index (χ2v) is 8.14. The van der Waals surface area contributed by atoms with Crippen molar-refractivity contribution in [3.8, 4) is 17.2 Å². The molecule has 1 aliphatic heterocycles. The van der Waals surface area contributed by atoms with E-state index in [1.807, 2.05) is 71.3 Å². The van der Waals surface area contributed by atoms with E-state index in [-0.39, 0.29) is 6.61 Å². The monoisotopic (exact) mass is 485 g/mol. The third-order valence-electron chi connectivity index (χ3n) is 6.24. The van der Waals surface area contributed by atoms with Crippen molar-refractivity contribution >= 4 is 28.6 Å². The number of hydrogen-bond acceptors (Lipinski definition) is 7. The fraction of sp³-hybridized carbons (Fsp3) is 0.214. The molecule has 8 nitrogen and oxygen atoms in total. The fourth-order valence-corrected chi connectivity index (χ4v) is 4.67. The highest BCUT2D eigenvalue weighted by Gasteiger charge is 2.38. The van der Waals surface area contributed by atoms with E-state index in [1.165, 1.54) is 0 Å². The first-order chi connectivity index (χ1) is 17.6. The smallest absolute Gasteiger partial charge is 0.338 e. The normalized spacial score (nSPS) is 14.7. The van der Waals surface area contributed by atoms with Gasteiger partial charge < -0.3 is 24.3 Å². The Morgan fingerprint density at radius 3 is 2.42 bits per heavy atom. The molecular formula is C28H27N3O5. The molecule has 1 unspecified atom stereocenters. The highest BCUT2D eigenvalue weighted by Crippen LogP contribution is 2.46. The largest absolute Gasteiger partial charge is 0.497 e. The van der Waals surface area contributed by atoms with Crippen LogP contribution < -0.4 is 19.5 Å². The number of nitrogens with one attached hydrogen (secondary N) is 1. The summed E-state index contributed by atoms with van der Waals surface area (Å²) in [5, 5.41) is 3.41. The van der Waals surface area contributed by atoms with Gasteiger partial charge in [0.15, 0.2) is 11.5 Å². The first kappa shape index (κ1) is 23.3. The average Bonchev–Trinajstić information content (AvgIpc) is 3.30. The summed E-state index contributed by atoms with van der Waals surface area (Å²) in [5.74, 6) is 1.98. The van der Waals surface area contributed by atoms with Crippen molar-refractivity contribution < 1.29 is 23.7 Å². The number of fused-ring (bicyclic) bond motifs is 3. The van der Waals surface area contributed by atoms with E-state index < -0.39 is 12.0 Å². The lowest BCUT2D eigenvalue weighted by atomic mass is 9.91. The van der Waals surface area contributed by atoms with Crippen LogP contribution in [-0.4, -0.2) is 43.5 Å². The molecule has 0 bridgehead atoms. The van der Waals surface area contributed by atoms with E-state index in [9.17, 15) is 4.79 Å². The molecule has 1 aromatic heterocycles. The van der Waals surface area contributed by atoms with Crippen molar-refractivity contribution in [1.82, 2.24) is 9.55 Å². The van der Waals surface area contributed by atoms with Gasteiger partial charge >= 0.3 is 5.97 Å². The van der Waals surface area contributed by atoms with Crippen LogP contribution in [0.2, 0.25) is 0 Å². The minimum atomic E-state index is -0.602.